The Hall–Kier alpha value is -1.11. The fraction of sp³-hybridized carbons (Fsp3) is 0.667. The minimum atomic E-state index is -0.285. The Morgan fingerprint density at radius 3 is 2.81 bits per heavy atom. The predicted molar refractivity (Wildman–Crippen MR) is 89.2 cm³/mol. The maximum Gasteiger partial charge on any atom is 0.195 e. The third-order valence-electron chi connectivity index (χ3n) is 3.37. The first-order valence-corrected chi connectivity index (χ1v) is 8.24. The van der Waals surface area contributed by atoms with Gasteiger partial charge < -0.3 is 15.3 Å². The van der Waals surface area contributed by atoms with Crippen molar-refractivity contribution in [2.24, 2.45) is 0 Å². The topological polar surface area (TPSA) is 52.8 Å². The van der Waals surface area contributed by atoms with E-state index in [1.165, 1.54) is 5.69 Å². The lowest BCUT2D eigenvalue weighted by molar-refractivity contribution is 0.187. The Balaban J connectivity index is 2.23. The van der Waals surface area contributed by atoms with E-state index >= 15 is 0 Å². The van der Waals surface area contributed by atoms with Gasteiger partial charge in [-0.1, -0.05) is 0 Å². The van der Waals surface area contributed by atoms with E-state index in [2.05, 4.69) is 47.0 Å². The van der Waals surface area contributed by atoms with Crippen molar-refractivity contribution in [3.8, 4) is 0 Å². The summed E-state index contributed by atoms with van der Waals surface area (Å²) < 4.78 is 2.15. The molecule has 2 rings (SSSR count). The largest absolute Gasteiger partial charge is 0.393 e. The van der Waals surface area contributed by atoms with E-state index in [0.29, 0.717) is 0 Å². The van der Waals surface area contributed by atoms with Gasteiger partial charge in [0.2, 0.25) is 0 Å². The SMILES string of the molecule is CC(O)CCN(C)c1nc2sccn2c1CNC(C)(C)C. The zero-order valence-electron chi connectivity index (χ0n) is 13.6. The Morgan fingerprint density at radius 1 is 1.48 bits per heavy atom. The van der Waals surface area contributed by atoms with Crippen LogP contribution in [0.1, 0.15) is 39.8 Å². The van der Waals surface area contributed by atoms with Crippen LogP contribution < -0.4 is 10.2 Å². The van der Waals surface area contributed by atoms with Gasteiger partial charge in [-0.05, 0) is 34.1 Å². The number of aliphatic hydroxyl groups is 1. The van der Waals surface area contributed by atoms with E-state index in [9.17, 15) is 5.11 Å². The summed E-state index contributed by atoms with van der Waals surface area (Å²) >= 11 is 1.65. The number of nitrogens with zero attached hydrogens (tertiary/aromatic N) is 3. The van der Waals surface area contributed by atoms with Crippen LogP contribution in [0.4, 0.5) is 5.82 Å². The molecule has 0 aliphatic carbocycles. The van der Waals surface area contributed by atoms with Crippen LogP contribution >= 0.6 is 11.3 Å². The van der Waals surface area contributed by atoms with E-state index in [1.807, 2.05) is 14.0 Å². The molecule has 1 unspecified atom stereocenters. The standard InChI is InChI=1S/C15H26N4OS/c1-11(20)6-7-18(5)13-12(10-16-15(2,3)4)19-8-9-21-14(19)17-13/h8-9,11,16,20H,6-7,10H2,1-5H3. The second kappa shape index (κ2) is 6.34. The molecule has 0 aliphatic heterocycles. The molecule has 2 aromatic rings. The Morgan fingerprint density at radius 2 is 2.19 bits per heavy atom. The van der Waals surface area contributed by atoms with E-state index in [0.717, 1.165) is 30.3 Å². The highest BCUT2D eigenvalue weighted by Crippen LogP contribution is 2.24. The van der Waals surface area contributed by atoms with E-state index < -0.39 is 0 Å². The van der Waals surface area contributed by atoms with Gasteiger partial charge in [-0.25, -0.2) is 4.98 Å². The number of aliphatic hydroxyl groups excluding tert-OH is 1. The summed E-state index contributed by atoms with van der Waals surface area (Å²) in [5, 5.41) is 15.1. The average Bonchev–Trinajstić information content (AvgIpc) is 2.92. The van der Waals surface area contributed by atoms with Crippen LogP contribution in [0, 0.1) is 0 Å². The van der Waals surface area contributed by atoms with Crippen molar-refractivity contribution >= 4 is 22.1 Å². The number of rotatable bonds is 6. The minimum absolute atomic E-state index is 0.0651. The predicted octanol–water partition coefficient (Wildman–Crippen LogP) is 2.49. The molecule has 5 nitrogen and oxygen atoms in total. The first-order chi connectivity index (χ1) is 9.78. The highest BCUT2D eigenvalue weighted by atomic mass is 32.1. The molecule has 0 aliphatic rings. The van der Waals surface area contributed by atoms with Crippen molar-refractivity contribution in [1.82, 2.24) is 14.7 Å². The molecule has 0 aromatic carbocycles. The second-order valence-corrected chi connectivity index (χ2v) is 7.47. The molecule has 0 saturated heterocycles. The zero-order chi connectivity index (χ0) is 15.6. The fourth-order valence-corrected chi connectivity index (χ4v) is 2.85. The number of thiazole rings is 1. The van der Waals surface area contributed by atoms with Crippen LogP contribution in [-0.2, 0) is 6.54 Å². The molecule has 2 heterocycles. The molecule has 0 bridgehead atoms. The van der Waals surface area contributed by atoms with Crippen LogP contribution in [0.2, 0.25) is 0 Å². The average molecular weight is 310 g/mol. The van der Waals surface area contributed by atoms with Crippen molar-refractivity contribution in [3.05, 3.63) is 17.3 Å². The van der Waals surface area contributed by atoms with Gasteiger partial charge in [0.15, 0.2) is 10.8 Å². The lowest BCUT2D eigenvalue weighted by Gasteiger charge is -2.23. The van der Waals surface area contributed by atoms with Gasteiger partial charge in [-0.3, -0.25) is 4.40 Å². The van der Waals surface area contributed by atoms with Crippen LogP contribution in [0.15, 0.2) is 11.6 Å². The van der Waals surface area contributed by atoms with Crippen molar-refractivity contribution in [2.75, 3.05) is 18.5 Å². The lowest BCUT2D eigenvalue weighted by atomic mass is 10.1. The Bertz CT molecular complexity index is 582. The van der Waals surface area contributed by atoms with Crippen molar-refractivity contribution in [2.45, 2.75) is 52.3 Å². The number of hydrogen-bond acceptors (Lipinski definition) is 5. The molecule has 21 heavy (non-hydrogen) atoms. The molecule has 2 aromatic heterocycles. The highest BCUT2D eigenvalue weighted by Gasteiger charge is 2.19. The normalized spacial score (nSPS) is 13.8. The smallest absolute Gasteiger partial charge is 0.195 e. The van der Waals surface area contributed by atoms with Gasteiger partial charge >= 0.3 is 0 Å². The summed E-state index contributed by atoms with van der Waals surface area (Å²) in [7, 11) is 2.04. The molecule has 6 heteroatoms. The molecule has 0 fully saturated rings. The second-order valence-electron chi connectivity index (χ2n) is 6.60. The van der Waals surface area contributed by atoms with E-state index in [4.69, 9.17) is 4.98 Å². The van der Waals surface area contributed by atoms with Crippen LogP contribution in [0.3, 0.4) is 0 Å². The van der Waals surface area contributed by atoms with Gasteiger partial charge in [0.1, 0.15) is 0 Å². The van der Waals surface area contributed by atoms with Crippen molar-refractivity contribution in [3.63, 3.8) is 0 Å². The Kier molecular flexibility index (Phi) is 4.91. The summed E-state index contributed by atoms with van der Waals surface area (Å²) in [5.74, 6) is 0.999. The molecule has 2 N–H and O–H groups in total. The van der Waals surface area contributed by atoms with E-state index in [-0.39, 0.29) is 11.6 Å². The Labute approximate surface area is 130 Å². The summed E-state index contributed by atoms with van der Waals surface area (Å²) in [6.45, 7) is 9.88. The fourth-order valence-electron chi connectivity index (χ4n) is 2.13. The van der Waals surface area contributed by atoms with Crippen LogP contribution in [0.5, 0.6) is 0 Å². The number of fused-ring (bicyclic) bond motifs is 1. The first-order valence-electron chi connectivity index (χ1n) is 7.36. The number of hydrogen-bond donors (Lipinski definition) is 2. The molecule has 0 radical (unpaired) electrons. The molecule has 1 atom stereocenters. The summed E-state index contributed by atoms with van der Waals surface area (Å²) in [6.07, 6.45) is 2.53. The monoisotopic (exact) mass is 310 g/mol. The third kappa shape index (κ3) is 4.18. The summed E-state index contributed by atoms with van der Waals surface area (Å²) in [4.78, 5) is 7.88. The van der Waals surface area contributed by atoms with Crippen LogP contribution in [0.25, 0.3) is 4.96 Å². The quantitative estimate of drug-likeness (QED) is 0.861. The van der Waals surface area contributed by atoms with Gasteiger partial charge in [0, 0.05) is 37.3 Å². The molecule has 0 saturated carbocycles. The number of anilines is 1. The van der Waals surface area contributed by atoms with Gasteiger partial charge in [-0.15, -0.1) is 11.3 Å². The van der Waals surface area contributed by atoms with Crippen molar-refractivity contribution in [1.29, 1.82) is 0 Å². The summed E-state index contributed by atoms with van der Waals surface area (Å²) in [6, 6.07) is 0. The molecular weight excluding hydrogens is 284 g/mol. The first kappa shape index (κ1) is 16.3. The highest BCUT2D eigenvalue weighted by molar-refractivity contribution is 7.15. The van der Waals surface area contributed by atoms with Crippen LogP contribution in [-0.4, -0.2) is 39.7 Å². The molecular formula is C15H26N4OS. The number of nitrogens with one attached hydrogen (secondary N) is 1. The molecule has 0 amide bonds. The summed E-state index contributed by atoms with van der Waals surface area (Å²) in [5.41, 5.74) is 1.24. The number of aromatic nitrogens is 2. The zero-order valence-corrected chi connectivity index (χ0v) is 14.4. The van der Waals surface area contributed by atoms with Gasteiger partial charge in [0.25, 0.3) is 0 Å². The van der Waals surface area contributed by atoms with E-state index in [1.54, 1.807) is 11.3 Å². The lowest BCUT2D eigenvalue weighted by Crippen LogP contribution is -2.36. The third-order valence-corrected chi connectivity index (χ3v) is 4.13. The van der Waals surface area contributed by atoms with Gasteiger partial charge in [0.05, 0.1) is 11.8 Å². The van der Waals surface area contributed by atoms with Gasteiger partial charge in [-0.2, -0.15) is 0 Å². The minimum Gasteiger partial charge on any atom is -0.393 e. The maximum atomic E-state index is 9.46. The molecule has 118 valence electrons. The van der Waals surface area contributed by atoms with Crippen molar-refractivity contribution < 1.29 is 5.11 Å². The number of imidazole rings is 1. The molecule has 0 spiro atoms. The maximum absolute atomic E-state index is 9.46.